The second kappa shape index (κ2) is 11.8. The van der Waals surface area contributed by atoms with Crippen LogP contribution in [0.4, 0.5) is 0 Å². The summed E-state index contributed by atoms with van der Waals surface area (Å²) in [5.41, 5.74) is 1.47. The van der Waals surface area contributed by atoms with E-state index in [4.69, 9.17) is 0 Å². The van der Waals surface area contributed by atoms with Gasteiger partial charge in [0.05, 0.1) is 0 Å². The summed E-state index contributed by atoms with van der Waals surface area (Å²) in [6, 6.07) is 11.0. The van der Waals surface area contributed by atoms with E-state index in [-0.39, 0.29) is 0 Å². The van der Waals surface area contributed by atoms with Crippen molar-refractivity contribution in [2.75, 3.05) is 78.5 Å². The van der Waals surface area contributed by atoms with Crippen LogP contribution in [0.1, 0.15) is 31.7 Å². The first-order chi connectivity index (χ1) is 13.3. The summed E-state index contributed by atoms with van der Waals surface area (Å²) < 4.78 is 0. The van der Waals surface area contributed by atoms with E-state index in [0.29, 0.717) is 0 Å². The van der Waals surface area contributed by atoms with Gasteiger partial charge in [-0.05, 0) is 77.1 Å². The molecule has 0 spiro atoms. The van der Waals surface area contributed by atoms with E-state index in [0.717, 1.165) is 0 Å². The van der Waals surface area contributed by atoms with E-state index in [1.165, 1.54) is 110 Å². The fourth-order valence-electron chi connectivity index (χ4n) is 4.49. The van der Waals surface area contributed by atoms with Crippen molar-refractivity contribution in [1.82, 2.24) is 19.6 Å². The number of likely N-dealkylation sites (N-methyl/N-ethyl adjacent to an activating group) is 1. The van der Waals surface area contributed by atoms with Gasteiger partial charge in [0, 0.05) is 32.7 Å². The maximum atomic E-state index is 2.73. The van der Waals surface area contributed by atoms with Crippen molar-refractivity contribution in [3.63, 3.8) is 0 Å². The van der Waals surface area contributed by atoms with Crippen LogP contribution in [-0.4, -0.2) is 98.1 Å². The van der Waals surface area contributed by atoms with Crippen molar-refractivity contribution in [3.05, 3.63) is 35.9 Å². The molecule has 2 heterocycles. The molecule has 3 rings (SSSR count). The van der Waals surface area contributed by atoms with Gasteiger partial charge in [-0.2, -0.15) is 0 Å². The van der Waals surface area contributed by atoms with Crippen LogP contribution < -0.4 is 0 Å². The van der Waals surface area contributed by atoms with E-state index >= 15 is 0 Å². The Morgan fingerprint density at radius 2 is 1.19 bits per heavy atom. The Morgan fingerprint density at radius 1 is 0.630 bits per heavy atom. The molecule has 2 fully saturated rings. The van der Waals surface area contributed by atoms with Gasteiger partial charge in [-0.1, -0.05) is 37.3 Å². The lowest BCUT2D eigenvalue weighted by atomic mass is 10.1. The fraction of sp³-hybridized carbons (Fsp3) is 0.739. The highest BCUT2D eigenvalue weighted by molar-refractivity contribution is 5.14. The van der Waals surface area contributed by atoms with Crippen LogP contribution in [0.25, 0.3) is 0 Å². The Bertz CT molecular complexity index is 506. The number of hydrogen-bond acceptors (Lipinski definition) is 4. The zero-order valence-electron chi connectivity index (χ0n) is 17.5. The summed E-state index contributed by atoms with van der Waals surface area (Å²) in [4.78, 5) is 10.8. The van der Waals surface area contributed by atoms with Gasteiger partial charge in [-0.3, -0.25) is 0 Å². The van der Waals surface area contributed by atoms with Crippen LogP contribution in [-0.2, 0) is 6.42 Å². The molecule has 0 aliphatic carbocycles. The van der Waals surface area contributed by atoms with Crippen molar-refractivity contribution in [1.29, 1.82) is 0 Å². The van der Waals surface area contributed by atoms with Crippen molar-refractivity contribution >= 4 is 0 Å². The maximum Gasteiger partial charge on any atom is 0.0109 e. The minimum atomic E-state index is 1.18. The average Bonchev–Trinajstić information content (AvgIpc) is 2.78. The van der Waals surface area contributed by atoms with Gasteiger partial charge >= 0.3 is 0 Å². The first-order valence-corrected chi connectivity index (χ1v) is 11.3. The lowest BCUT2D eigenvalue weighted by molar-refractivity contribution is 0.183. The van der Waals surface area contributed by atoms with Crippen molar-refractivity contribution < 1.29 is 0 Å². The summed E-state index contributed by atoms with van der Waals surface area (Å²) in [6.07, 6.45) is 5.13. The summed E-state index contributed by atoms with van der Waals surface area (Å²) in [5, 5.41) is 0. The first-order valence-electron chi connectivity index (χ1n) is 11.3. The quantitative estimate of drug-likeness (QED) is 0.805. The second-order valence-electron chi connectivity index (χ2n) is 8.26. The minimum Gasteiger partial charge on any atom is -0.302 e. The molecule has 27 heavy (non-hydrogen) atoms. The SMILES string of the molecule is CCN1CCCN2CCCN(CCCN(CCc3ccccc3)CC2)CC1. The maximum absolute atomic E-state index is 2.73. The zero-order chi connectivity index (χ0) is 18.7. The Morgan fingerprint density at radius 3 is 1.81 bits per heavy atom. The largest absolute Gasteiger partial charge is 0.302 e. The molecule has 1 aromatic rings. The number of fused-ring (bicyclic) bond motifs is 4. The first kappa shape index (κ1) is 20.8. The van der Waals surface area contributed by atoms with Crippen LogP contribution >= 0.6 is 0 Å². The monoisotopic (exact) mass is 372 g/mol. The van der Waals surface area contributed by atoms with Gasteiger partial charge < -0.3 is 19.6 Å². The molecule has 0 saturated carbocycles. The number of rotatable bonds is 4. The standard InChI is InChI=1S/C23H40N4/c1-2-24-12-6-13-26-15-7-14-25(20-19-24)16-8-17-27(22-21-26)18-11-23-9-4-3-5-10-23/h3-5,9-10H,2,6-8,11-22H2,1H3. The lowest BCUT2D eigenvalue weighted by Gasteiger charge is -2.29. The third kappa shape index (κ3) is 7.53. The second-order valence-corrected chi connectivity index (χ2v) is 8.26. The van der Waals surface area contributed by atoms with E-state index < -0.39 is 0 Å². The molecule has 4 nitrogen and oxygen atoms in total. The topological polar surface area (TPSA) is 13.0 Å². The van der Waals surface area contributed by atoms with Crippen molar-refractivity contribution in [2.24, 2.45) is 0 Å². The number of nitrogens with zero attached hydrogens (tertiary/aromatic N) is 4. The molecule has 0 amide bonds. The smallest absolute Gasteiger partial charge is 0.0109 e. The summed E-state index contributed by atoms with van der Waals surface area (Å²) in [5.74, 6) is 0. The van der Waals surface area contributed by atoms with Crippen molar-refractivity contribution in [2.45, 2.75) is 32.6 Å². The summed E-state index contributed by atoms with van der Waals surface area (Å²) >= 11 is 0. The predicted octanol–water partition coefficient (Wildman–Crippen LogP) is 2.65. The van der Waals surface area contributed by atoms with Gasteiger partial charge in [-0.15, -0.1) is 0 Å². The Labute approximate surface area is 167 Å². The van der Waals surface area contributed by atoms with Crippen molar-refractivity contribution in [3.8, 4) is 0 Å². The molecular formula is C23H40N4. The van der Waals surface area contributed by atoms with E-state index in [9.17, 15) is 0 Å². The highest BCUT2D eigenvalue weighted by atomic mass is 15.2. The number of benzene rings is 1. The molecule has 2 aliphatic rings. The minimum absolute atomic E-state index is 1.18. The Kier molecular flexibility index (Phi) is 9.09. The average molecular weight is 373 g/mol. The van der Waals surface area contributed by atoms with E-state index in [1.54, 1.807) is 0 Å². The van der Waals surface area contributed by atoms with E-state index in [2.05, 4.69) is 56.9 Å². The third-order valence-electron chi connectivity index (χ3n) is 6.32. The van der Waals surface area contributed by atoms with E-state index in [1.807, 2.05) is 0 Å². The molecule has 2 unspecified atom stereocenters. The molecule has 0 aromatic heterocycles. The number of hydrogen-bond donors (Lipinski definition) is 0. The highest BCUT2D eigenvalue weighted by Crippen LogP contribution is 2.08. The molecule has 2 saturated heterocycles. The Balaban J connectivity index is 1.58. The van der Waals surface area contributed by atoms with Gasteiger partial charge in [-0.25, -0.2) is 0 Å². The van der Waals surface area contributed by atoms with Crippen LogP contribution in [0.5, 0.6) is 0 Å². The molecule has 0 radical (unpaired) electrons. The van der Waals surface area contributed by atoms with Gasteiger partial charge in [0.2, 0.25) is 0 Å². The fourth-order valence-corrected chi connectivity index (χ4v) is 4.49. The van der Waals surface area contributed by atoms with Crippen LogP contribution in [0, 0.1) is 0 Å². The molecule has 2 aliphatic heterocycles. The Hall–Kier alpha value is -0.940. The normalized spacial score (nSPS) is 27.1. The third-order valence-corrected chi connectivity index (χ3v) is 6.32. The molecule has 152 valence electrons. The lowest BCUT2D eigenvalue weighted by Crippen LogP contribution is -2.39. The summed E-state index contributed by atoms with van der Waals surface area (Å²) in [7, 11) is 0. The summed E-state index contributed by atoms with van der Waals surface area (Å²) in [6.45, 7) is 17.2. The molecule has 0 N–H and O–H groups in total. The van der Waals surface area contributed by atoms with Gasteiger partial charge in [0.1, 0.15) is 0 Å². The molecule has 1 aromatic carbocycles. The van der Waals surface area contributed by atoms with Gasteiger partial charge in [0.15, 0.2) is 0 Å². The highest BCUT2D eigenvalue weighted by Gasteiger charge is 2.16. The van der Waals surface area contributed by atoms with Crippen LogP contribution in [0.3, 0.4) is 0 Å². The molecule has 2 bridgehead atoms. The predicted molar refractivity (Wildman–Crippen MR) is 115 cm³/mol. The molecule has 2 atom stereocenters. The van der Waals surface area contributed by atoms with Crippen LogP contribution in [0.2, 0.25) is 0 Å². The molecular weight excluding hydrogens is 332 g/mol. The van der Waals surface area contributed by atoms with Crippen LogP contribution in [0.15, 0.2) is 30.3 Å². The molecule has 4 heteroatoms. The zero-order valence-corrected chi connectivity index (χ0v) is 17.5. The van der Waals surface area contributed by atoms with Gasteiger partial charge in [0.25, 0.3) is 0 Å².